The molecular formula is C21H18O2. The Morgan fingerprint density at radius 3 is 1.57 bits per heavy atom. The van der Waals surface area contributed by atoms with E-state index in [9.17, 15) is 9.90 Å². The molecule has 0 bridgehead atoms. The third kappa shape index (κ3) is 3.02. The van der Waals surface area contributed by atoms with Crippen LogP contribution in [0.1, 0.15) is 21.5 Å². The van der Waals surface area contributed by atoms with E-state index in [0.717, 1.165) is 33.4 Å². The van der Waals surface area contributed by atoms with Gasteiger partial charge in [-0.05, 0) is 36.1 Å². The number of rotatable bonds is 3. The summed E-state index contributed by atoms with van der Waals surface area (Å²) in [5.41, 5.74) is 5.93. The number of carboxylic acid groups (broad SMARTS) is 1. The SMILES string of the molecule is Cc1cccc(-c2cccc(-c3cccc(C)c3)c2C(=O)O)c1. The number of aromatic carboxylic acids is 1. The zero-order valence-corrected chi connectivity index (χ0v) is 13.2. The van der Waals surface area contributed by atoms with Crippen molar-refractivity contribution in [2.75, 3.05) is 0 Å². The maximum atomic E-state index is 12.0. The fourth-order valence-corrected chi connectivity index (χ4v) is 2.89. The highest BCUT2D eigenvalue weighted by Crippen LogP contribution is 2.33. The monoisotopic (exact) mass is 302 g/mol. The van der Waals surface area contributed by atoms with Crippen LogP contribution in [0.3, 0.4) is 0 Å². The molecule has 23 heavy (non-hydrogen) atoms. The lowest BCUT2D eigenvalue weighted by atomic mass is 9.91. The smallest absolute Gasteiger partial charge is 0.336 e. The maximum absolute atomic E-state index is 12.0. The van der Waals surface area contributed by atoms with Crippen LogP contribution in [0.5, 0.6) is 0 Å². The quantitative estimate of drug-likeness (QED) is 0.709. The Kier molecular flexibility index (Phi) is 3.98. The minimum Gasteiger partial charge on any atom is -0.478 e. The molecule has 3 aromatic rings. The fourth-order valence-electron chi connectivity index (χ4n) is 2.89. The van der Waals surface area contributed by atoms with E-state index in [4.69, 9.17) is 0 Å². The van der Waals surface area contributed by atoms with Gasteiger partial charge in [0.2, 0.25) is 0 Å². The second-order valence-corrected chi connectivity index (χ2v) is 5.77. The Labute approximate surface area is 136 Å². The molecule has 0 atom stereocenters. The first-order chi connectivity index (χ1) is 11.1. The van der Waals surface area contributed by atoms with Crippen LogP contribution in [0.2, 0.25) is 0 Å². The molecule has 0 amide bonds. The summed E-state index contributed by atoms with van der Waals surface area (Å²) in [5, 5.41) is 9.81. The Hall–Kier alpha value is -2.87. The van der Waals surface area contributed by atoms with Gasteiger partial charge in [0.1, 0.15) is 0 Å². The second kappa shape index (κ2) is 6.09. The van der Waals surface area contributed by atoms with E-state index in [-0.39, 0.29) is 0 Å². The van der Waals surface area contributed by atoms with Gasteiger partial charge in [0, 0.05) is 0 Å². The van der Waals surface area contributed by atoms with Crippen molar-refractivity contribution < 1.29 is 9.90 Å². The molecule has 2 heteroatoms. The Morgan fingerprint density at radius 2 is 1.17 bits per heavy atom. The number of aryl methyl sites for hydroxylation is 2. The van der Waals surface area contributed by atoms with Crippen molar-refractivity contribution in [1.82, 2.24) is 0 Å². The summed E-state index contributed by atoms with van der Waals surface area (Å²) < 4.78 is 0. The van der Waals surface area contributed by atoms with Crippen molar-refractivity contribution in [3.63, 3.8) is 0 Å². The molecular weight excluding hydrogens is 284 g/mol. The van der Waals surface area contributed by atoms with Crippen LogP contribution in [0.4, 0.5) is 0 Å². The molecule has 114 valence electrons. The lowest BCUT2D eigenvalue weighted by Crippen LogP contribution is -2.03. The van der Waals surface area contributed by atoms with Crippen LogP contribution in [0.25, 0.3) is 22.3 Å². The third-order valence-corrected chi connectivity index (χ3v) is 3.94. The molecule has 0 unspecified atom stereocenters. The molecule has 0 radical (unpaired) electrons. The zero-order chi connectivity index (χ0) is 16.4. The van der Waals surface area contributed by atoms with Crippen LogP contribution in [-0.4, -0.2) is 11.1 Å². The van der Waals surface area contributed by atoms with Crippen molar-refractivity contribution in [2.24, 2.45) is 0 Å². The van der Waals surface area contributed by atoms with Gasteiger partial charge in [-0.2, -0.15) is 0 Å². The number of hydrogen-bond acceptors (Lipinski definition) is 1. The predicted molar refractivity (Wildman–Crippen MR) is 93.7 cm³/mol. The first-order valence-corrected chi connectivity index (χ1v) is 7.56. The molecule has 0 heterocycles. The molecule has 3 aromatic carbocycles. The molecule has 0 aliphatic rings. The van der Waals surface area contributed by atoms with Crippen molar-refractivity contribution in [3.8, 4) is 22.3 Å². The first kappa shape index (κ1) is 15.0. The predicted octanol–water partition coefficient (Wildman–Crippen LogP) is 5.34. The van der Waals surface area contributed by atoms with E-state index < -0.39 is 5.97 Å². The topological polar surface area (TPSA) is 37.3 Å². The summed E-state index contributed by atoms with van der Waals surface area (Å²) in [6.07, 6.45) is 0. The first-order valence-electron chi connectivity index (χ1n) is 7.56. The van der Waals surface area contributed by atoms with Gasteiger partial charge in [-0.1, -0.05) is 77.9 Å². The van der Waals surface area contributed by atoms with E-state index in [2.05, 4.69) is 0 Å². The summed E-state index contributed by atoms with van der Waals surface area (Å²) in [5.74, 6) is -0.904. The largest absolute Gasteiger partial charge is 0.478 e. The Balaban J connectivity index is 2.27. The number of hydrogen-bond donors (Lipinski definition) is 1. The van der Waals surface area contributed by atoms with Crippen LogP contribution >= 0.6 is 0 Å². The van der Waals surface area contributed by atoms with Crippen LogP contribution in [0.15, 0.2) is 66.7 Å². The van der Waals surface area contributed by atoms with Crippen molar-refractivity contribution in [1.29, 1.82) is 0 Å². The minimum absolute atomic E-state index is 0.351. The highest BCUT2D eigenvalue weighted by atomic mass is 16.4. The van der Waals surface area contributed by atoms with Crippen molar-refractivity contribution >= 4 is 5.97 Å². The Morgan fingerprint density at radius 1 is 0.739 bits per heavy atom. The lowest BCUT2D eigenvalue weighted by Gasteiger charge is -2.13. The van der Waals surface area contributed by atoms with E-state index in [1.54, 1.807) is 0 Å². The molecule has 0 spiro atoms. The van der Waals surface area contributed by atoms with Crippen LogP contribution in [-0.2, 0) is 0 Å². The van der Waals surface area contributed by atoms with Crippen LogP contribution < -0.4 is 0 Å². The van der Waals surface area contributed by atoms with Gasteiger partial charge in [0.05, 0.1) is 5.56 Å². The highest BCUT2D eigenvalue weighted by Gasteiger charge is 2.17. The van der Waals surface area contributed by atoms with E-state index in [0.29, 0.717) is 5.56 Å². The number of carbonyl (C=O) groups is 1. The average molecular weight is 302 g/mol. The summed E-state index contributed by atoms with van der Waals surface area (Å²) >= 11 is 0. The van der Waals surface area contributed by atoms with E-state index >= 15 is 0 Å². The fraction of sp³-hybridized carbons (Fsp3) is 0.0952. The van der Waals surface area contributed by atoms with Gasteiger partial charge < -0.3 is 5.11 Å². The van der Waals surface area contributed by atoms with Crippen LogP contribution in [0, 0.1) is 13.8 Å². The molecule has 0 saturated carbocycles. The third-order valence-electron chi connectivity index (χ3n) is 3.94. The van der Waals surface area contributed by atoms with Crippen molar-refractivity contribution in [3.05, 3.63) is 83.4 Å². The second-order valence-electron chi connectivity index (χ2n) is 5.77. The van der Waals surface area contributed by atoms with Gasteiger partial charge >= 0.3 is 5.97 Å². The summed E-state index contributed by atoms with van der Waals surface area (Å²) in [7, 11) is 0. The molecule has 0 aromatic heterocycles. The van der Waals surface area contributed by atoms with Gasteiger partial charge in [0.15, 0.2) is 0 Å². The molecule has 2 nitrogen and oxygen atoms in total. The van der Waals surface area contributed by atoms with Gasteiger partial charge in [0.25, 0.3) is 0 Å². The number of benzene rings is 3. The zero-order valence-electron chi connectivity index (χ0n) is 13.2. The molecule has 0 aliphatic carbocycles. The summed E-state index contributed by atoms with van der Waals surface area (Å²) in [6.45, 7) is 4.02. The van der Waals surface area contributed by atoms with Gasteiger partial charge in [-0.15, -0.1) is 0 Å². The molecule has 0 aliphatic heterocycles. The molecule has 0 fully saturated rings. The van der Waals surface area contributed by atoms with Gasteiger partial charge in [-0.25, -0.2) is 4.79 Å². The molecule has 0 saturated heterocycles. The summed E-state index contributed by atoms with van der Waals surface area (Å²) in [6, 6.07) is 21.5. The molecule has 1 N–H and O–H groups in total. The Bertz CT molecular complexity index is 815. The average Bonchev–Trinajstić information content (AvgIpc) is 2.54. The molecule has 3 rings (SSSR count). The maximum Gasteiger partial charge on any atom is 0.336 e. The highest BCUT2D eigenvalue weighted by molar-refractivity contribution is 6.03. The van der Waals surface area contributed by atoms with E-state index in [1.165, 1.54) is 0 Å². The standard InChI is InChI=1S/C21H18O2/c1-14-6-3-8-16(12-14)18-10-5-11-19(20(18)21(22)23)17-9-4-7-15(2)13-17/h3-13H,1-2H3,(H,22,23). The van der Waals surface area contributed by atoms with Gasteiger partial charge in [-0.3, -0.25) is 0 Å². The van der Waals surface area contributed by atoms with Crippen molar-refractivity contribution in [2.45, 2.75) is 13.8 Å². The normalized spacial score (nSPS) is 10.5. The lowest BCUT2D eigenvalue weighted by molar-refractivity contribution is 0.0698. The number of carboxylic acids is 1. The summed E-state index contributed by atoms with van der Waals surface area (Å²) in [4.78, 5) is 12.0. The minimum atomic E-state index is -0.904. The van der Waals surface area contributed by atoms with E-state index in [1.807, 2.05) is 80.6 Å².